The van der Waals surface area contributed by atoms with Crippen LogP contribution in [0.15, 0.2) is 0 Å². The van der Waals surface area contributed by atoms with Gasteiger partial charge in [0.15, 0.2) is 0 Å². The minimum atomic E-state index is -0.824. The van der Waals surface area contributed by atoms with Crippen molar-refractivity contribution >= 4 is 23.8 Å². The summed E-state index contributed by atoms with van der Waals surface area (Å²) in [6.45, 7) is 13.0. The van der Waals surface area contributed by atoms with E-state index in [1.165, 1.54) is 4.90 Å². The molecular formula is C21H38N4O5. The van der Waals surface area contributed by atoms with Crippen molar-refractivity contribution in [1.82, 2.24) is 15.5 Å². The van der Waals surface area contributed by atoms with Crippen LogP contribution in [0.3, 0.4) is 0 Å². The van der Waals surface area contributed by atoms with E-state index in [4.69, 9.17) is 10.5 Å². The Kier molecular flexibility index (Phi) is 9.11. The molecule has 0 bridgehead atoms. The number of nitrogens with zero attached hydrogens (tertiary/aromatic N) is 1. The van der Waals surface area contributed by atoms with E-state index < -0.39 is 41.6 Å². The van der Waals surface area contributed by atoms with Crippen LogP contribution in [0.4, 0.5) is 4.79 Å². The SMILES string of the molecule is CC[C@H](C)[C@@H](NC(=O)[C@@H]1CCCN1C(=O)[C@@H](NC(=O)OC(C)(C)C)C(C)C)C(N)=O. The van der Waals surface area contributed by atoms with Crippen LogP contribution in [0.25, 0.3) is 0 Å². The number of amides is 4. The van der Waals surface area contributed by atoms with Gasteiger partial charge in [-0.05, 0) is 45.4 Å². The lowest BCUT2D eigenvalue weighted by molar-refractivity contribution is -0.141. The van der Waals surface area contributed by atoms with Gasteiger partial charge in [0.05, 0.1) is 0 Å². The van der Waals surface area contributed by atoms with Crippen molar-refractivity contribution in [3.8, 4) is 0 Å². The third-order valence-electron chi connectivity index (χ3n) is 5.26. The lowest BCUT2D eigenvalue weighted by Crippen LogP contribution is -2.58. The van der Waals surface area contributed by atoms with Gasteiger partial charge in [0, 0.05) is 6.54 Å². The molecule has 1 rings (SSSR count). The van der Waals surface area contributed by atoms with Gasteiger partial charge in [0.1, 0.15) is 23.7 Å². The van der Waals surface area contributed by atoms with E-state index in [0.29, 0.717) is 25.8 Å². The Morgan fingerprint density at radius 2 is 1.70 bits per heavy atom. The van der Waals surface area contributed by atoms with Gasteiger partial charge in [-0.1, -0.05) is 34.1 Å². The summed E-state index contributed by atoms with van der Waals surface area (Å²) in [4.78, 5) is 51.5. The Balaban J connectivity index is 2.93. The summed E-state index contributed by atoms with van der Waals surface area (Å²) in [5.41, 5.74) is 4.76. The van der Waals surface area contributed by atoms with Crippen molar-refractivity contribution in [2.75, 3.05) is 6.54 Å². The lowest BCUT2D eigenvalue weighted by atomic mass is 9.98. The maximum absolute atomic E-state index is 13.2. The molecule has 9 heteroatoms. The molecule has 4 atom stereocenters. The zero-order valence-electron chi connectivity index (χ0n) is 19.3. The van der Waals surface area contributed by atoms with Crippen LogP contribution in [-0.4, -0.2) is 59.0 Å². The highest BCUT2D eigenvalue weighted by molar-refractivity contribution is 5.94. The molecular weight excluding hydrogens is 388 g/mol. The molecule has 9 nitrogen and oxygen atoms in total. The van der Waals surface area contributed by atoms with Crippen LogP contribution in [0.1, 0.15) is 67.7 Å². The van der Waals surface area contributed by atoms with Crippen LogP contribution in [-0.2, 0) is 19.1 Å². The molecule has 0 unspecified atom stereocenters. The van der Waals surface area contributed by atoms with Crippen molar-refractivity contribution in [1.29, 1.82) is 0 Å². The number of nitrogens with one attached hydrogen (secondary N) is 2. The number of hydrogen-bond donors (Lipinski definition) is 3. The van der Waals surface area contributed by atoms with Crippen LogP contribution < -0.4 is 16.4 Å². The normalized spacial score (nSPS) is 19.7. The van der Waals surface area contributed by atoms with Gasteiger partial charge in [0.2, 0.25) is 17.7 Å². The smallest absolute Gasteiger partial charge is 0.408 e. The molecule has 1 aliphatic rings. The Bertz CT molecular complexity index is 644. The average molecular weight is 427 g/mol. The van der Waals surface area contributed by atoms with E-state index in [0.717, 1.165) is 0 Å². The number of hydrogen-bond acceptors (Lipinski definition) is 5. The molecule has 0 aromatic rings. The molecule has 4 amide bonds. The summed E-state index contributed by atoms with van der Waals surface area (Å²) in [5, 5.41) is 5.35. The van der Waals surface area contributed by atoms with Gasteiger partial charge < -0.3 is 26.0 Å². The standard InChI is InChI=1S/C21H38N4O5/c1-8-13(4)16(17(22)26)23-18(27)14-10-9-11-25(14)19(28)15(12(2)3)24-20(29)30-21(5,6)7/h12-16H,8-11H2,1-7H3,(H2,22,26)(H,23,27)(H,24,29)/t13-,14-,15-,16+/m0/s1. The molecule has 0 aromatic carbocycles. The van der Waals surface area contributed by atoms with Gasteiger partial charge >= 0.3 is 6.09 Å². The second-order valence-corrected chi connectivity index (χ2v) is 9.33. The van der Waals surface area contributed by atoms with Gasteiger partial charge in [-0.25, -0.2) is 4.79 Å². The van der Waals surface area contributed by atoms with Crippen molar-refractivity contribution in [2.24, 2.45) is 17.6 Å². The highest BCUT2D eigenvalue weighted by atomic mass is 16.6. The van der Waals surface area contributed by atoms with Gasteiger partial charge in [-0.2, -0.15) is 0 Å². The third-order valence-corrected chi connectivity index (χ3v) is 5.26. The highest BCUT2D eigenvalue weighted by Gasteiger charge is 2.40. The molecule has 0 aromatic heterocycles. The first kappa shape index (κ1) is 25.7. The number of nitrogens with two attached hydrogens (primary N) is 1. The molecule has 0 spiro atoms. The third kappa shape index (κ3) is 7.18. The fraction of sp³-hybridized carbons (Fsp3) is 0.810. The van der Waals surface area contributed by atoms with Crippen molar-refractivity contribution < 1.29 is 23.9 Å². The first-order valence-corrected chi connectivity index (χ1v) is 10.7. The first-order chi connectivity index (χ1) is 13.8. The van der Waals surface area contributed by atoms with E-state index in [-0.39, 0.29) is 17.7 Å². The fourth-order valence-electron chi connectivity index (χ4n) is 3.41. The van der Waals surface area contributed by atoms with Gasteiger partial charge in [0.25, 0.3) is 0 Å². The zero-order chi connectivity index (χ0) is 23.2. The summed E-state index contributed by atoms with van der Waals surface area (Å²) in [6.07, 6.45) is 1.14. The van der Waals surface area contributed by atoms with E-state index in [1.807, 2.05) is 27.7 Å². The summed E-state index contributed by atoms with van der Waals surface area (Å²) < 4.78 is 5.27. The molecule has 4 N–H and O–H groups in total. The summed E-state index contributed by atoms with van der Waals surface area (Å²) >= 11 is 0. The maximum atomic E-state index is 13.2. The quantitative estimate of drug-likeness (QED) is 0.542. The number of ether oxygens (including phenoxy) is 1. The predicted octanol–water partition coefficient (Wildman–Crippen LogP) is 1.54. The maximum Gasteiger partial charge on any atom is 0.408 e. The molecule has 1 aliphatic heterocycles. The van der Waals surface area contributed by atoms with Crippen LogP contribution in [0.5, 0.6) is 0 Å². The minimum Gasteiger partial charge on any atom is -0.444 e. The summed E-state index contributed by atoms with van der Waals surface area (Å²) in [7, 11) is 0. The molecule has 1 fully saturated rings. The van der Waals surface area contributed by atoms with Gasteiger partial charge in [-0.15, -0.1) is 0 Å². The number of rotatable bonds is 8. The molecule has 30 heavy (non-hydrogen) atoms. The Morgan fingerprint density at radius 1 is 1.10 bits per heavy atom. The van der Waals surface area contributed by atoms with Crippen LogP contribution >= 0.6 is 0 Å². The Hall–Kier alpha value is -2.32. The van der Waals surface area contributed by atoms with Crippen LogP contribution in [0.2, 0.25) is 0 Å². The molecule has 1 saturated heterocycles. The largest absolute Gasteiger partial charge is 0.444 e. The summed E-state index contributed by atoms with van der Waals surface area (Å²) in [5.74, 6) is -1.65. The molecule has 0 aliphatic carbocycles. The summed E-state index contributed by atoms with van der Waals surface area (Å²) in [6, 6.07) is -2.32. The lowest BCUT2D eigenvalue weighted by Gasteiger charge is -2.32. The molecule has 1 heterocycles. The number of carbonyl (C=O) groups is 4. The molecule has 0 radical (unpaired) electrons. The first-order valence-electron chi connectivity index (χ1n) is 10.7. The number of carbonyl (C=O) groups excluding carboxylic acids is 4. The van der Waals surface area contributed by atoms with Gasteiger partial charge in [-0.3, -0.25) is 14.4 Å². The minimum absolute atomic E-state index is 0.116. The van der Waals surface area contributed by atoms with E-state index in [1.54, 1.807) is 20.8 Å². The predicted molar refractivity (Wildman–Crippen MR) is 113 cm³/mol. The topological polar surface area (TPSA) is 131 Å². The Morgan fingerprint density at radius 3 is 2.17 bits per heavy atom. The van der Waals surface area contributed by atoms with E-state index in [2.05, 4.69) is 10.6 Å². The fourth-order valence-corrected chi connectivity index (χ4v) is 3.41. The molecule has 0 saturated carbocycles. The van der Waals surface area contributed by atoms with Crippen LogP contribution in [0, 0.1) is 11.8 Å². The van der Waals surface area contributed by atoms with E-state index in [9.17, 15) is 19.2 Å². The van der Waals surface area contributed by atoms with Crippen molar-refractivity contribution in [2.45, 2.75) is 91.5 Å². The second-order valence-electron chi connectivity index (χ2n) is 9.33. The highest BCUT2D eigenvalue weighted by Crippen LogP contribution is 2.21. The number of primary amides is 1. The number of alkyl carbamates (subject to hydrolysis) is 1. The van der Waals surface area contributed by atoms with Crippen molar-refractivity contribution in [3.05, 3.63) is 0 Å². The number of likely N-dealkylation sites (tertiary alicyclic amines) is 1. The second kappa shape index (κ2) is 10.6. The Labute approximate surface area is 179 Å². The monoisotopic (exact) mass is 426 g/mol. The average Bonchev–Trinajstić information content (AvgIpc) is 3.10. The van der Waals surface area contributed by atoms with E-state index >= 15 is 0 Å². The van der Waals surface area contributed by atoms with Crippen molar-refractivity contribution in [3.63, 3.8) is 0 Å². The zero-order valence-corrected chi connectivity index (χ0v) is 19.3. The molecule has 172 valence electrons.